The first-order valence-electron chi connectivity index (χ1n) is 9.69. The van der Waals surface area contributed by atoms with Crippen LogP contribution in [-0.4, -0.2) is 34.4 Å². The largest absolute Gasteiger partial charge is 0.497 e. The van der Waals surface area contributed by atoms with E-state index in [0.29, 0.717) is 13.1 Å². The lowest BCUT2D eigenvalue weighted by Crippen LogP contribution is -2.38. The summed E-state index contributed by atoms with van der Waals surface area (Å²) in [6, 6.07) is 18.4. The summed E-state index contributed by atoms with van der Waals surface area (Å²) in [5.41, 5.74) is 2.41. The number of hydrogen-bond donors (Lipinski definition) is 2. The molecule has 30 heavy (non-hydrogen) atoms. The molecule has 3 aromatic rings. The van der Waals surface area contributed by atoms with Crippen LogP contribution in [0, 0.1) is 6.92 Å². The third kappa shape index (κ3) is 7.01. The Bertz CT molecular complexity index is 925. The van der Waals surface area contributed by atoms with Gasteiger partial charge in [-0.2, -0.15) is 0 Å². The zero-order chi connectivity index (χ0) is 20.5. The molecule has 160 valence electrons. The van der Waals surface area contributed by atoms with Crippen molar-refractivity contribution in [3.8, 4) is 5.75 Å². The molecule has 0 bridgehead atoms. The van der Waals surface area contributed by atoms with Crippen LogP contribution in [0.15, 0.2) is 59.6 Å². The van der Waals surface area contributed by atoms with Gasteiger partial charge in [-0.1, -0.05) is 42.5 Å². The molecule has 0 aliphatic carbocycles. The second-order valence-electron chi connectivity index (χ2n) is 6.75. The number of methoxy groups -OCH3 is 1. The van der Waals surface area contributed by atoms with Gasteiger partial charge in [0.05, 0.1) is 20.2 Å². The van der Waals surface area contributed by atoms with E-state index in [2.05, 4.69) is 45.1 Å². The van der Waals surface area contributed by atoms with Gasteiger partial charge < -0.3 is 19.9 Å². The van der Waals surface area contributed by atoms with Gasteiger partial charge in [0.2, 0.25) is 0 Å². The maximum absolute atomic E-state index is 5.21. The van der Waals surface area contributed by atoms with Gasteiger partial charge in [-0.25, -0.2) is 4.99 Å². The Kier molecular flexibility index (Phi) is 9.59. The molecule has 8 heteroatoms. The van der Waals surface area contributed by atoms with E-state index in [0.717, 1.165) is 41.9 Å². The van der Waals surface area contributed by atoms with E-state index in [4.69, 9.17) is 9.73 Å². The molecule has 2 aromatic carbocycles. The lowest BCUT2D eigenvalue weighted by atomic mass is 10.1. The van der Waals surface area contributed by atoms with E-state index in [1.165, 1.54) is 5.56 Å². The maximum Gasteiger partial charge on any atom is 0.191 e. The van der Waals surface area contributed by atoms with Crippen molar-refractivity contribution in [2.75, 3.05) is 13.7 Å². The number of nitrogens with one attached hydrogen (secondary N) is 2. The van der Waals surface area contributed by atoms with E-state index in [-0.39, 0.29) is 24.0 Å². The Morgan fingerprint density at radius 1 is 1.00 bits per heavy atom. The SMILES string of the molecule is COc1ccc(CN=C(NCCc2ccccc2)NCc2nnc(C)n2C)cc1.I. The van der Waals surface area contributed by atoms with Crippen molar-refractivity contribution >= 4 is 29.9 Å². The highest BCUT2D eigenvalue weighted by atomic mass is 127. The number of aryl methyl sites for hydroxylation is 1. The molecule has 7 nitrogen and oxygen atoms in total. The van der Waals surface area contributed by atoms with Crippen molar-refractivity contribution in [2.24, 2.45) is 12.0 Å². The lowest BCUT2D eigenvalue weighted by molar-refractivity contribution is 0.414. The summed E-state index contributed by atoms with van der Waals surface area (Å²) in [5.74, 6) is 3.34. The zero-order valence-electron chi connectivity index (χ0n) is 17.6. The van der Waals surface area contributed by atoms with Crippen LogP contribution < -0.4 is 15.4 Å². The number of aliphatic imine (C=N–C) groups is 1. The number of rotatable bonds is 8. The number of hydrogen-bond acceptors (Lipinski definition) is 4. The lowest BCUT2D eigenvalue weighted by Gasteiger charge is -2.13. The monoisotopic (exact) mass is 520 g/mol. The molecule has 0 fully saturated rings. The quantitative estimate of drug-likeness (QED) is 0.271. The minimum absolute atomic E-state index is 0. The van der Waals surface area contributed by atoms with Crippen molar-refractivity contribution < 1.29 is 4.74 Å². The summed E-state index contributed by atoms with van der Waals surface area (Å²) in [7, 11) is 3.63. The molecule has 0 saturated heterocycles. The van der Waals surface area contributed by atoms with Gasteiger partial charge >= 0.3 is 0 Å². The second kappa shape index (κ2) is 12.2. The smallest absolute Gasteiger partial charge is 0.191 e. The summed E-state index contributed by atoms with van der Waals surface area (Å²) in [4.78, 5) is 4.73. The van der Waals surface area contributed by atoms with Crippen LogP contribution in [0.25, 0.3) is 0 Å². The molecule has 0 atom stereocenters. The third-order valence-electron chi connectivity index (χ3n) is 4.72. The first kappa shape index (κ1) is 23.7. The number of nitrogens with zero attached hydrogens (tertiary/aromatic N) is 4. The van der Waals surface area contributed by atoms with Gasteiger partial charge in [-0.3, -0.25) is 0 Å². The predicted molar refractivity (Wildman–Crippen MR) is 130 cm³/mol. The van der Waals surface area contributed by atoms with Gasteiger partial charge in [0.25, 0.3) is 0 Å². The predicted octanol–water partition coefficient (Wildman–Crippen LogP) is 3.23. The maximum atomic E-state index is 5.21. The molecule has 3 rings (SSSR count). The normalized spacial score (nSPS) is 11.0. The summed E-state index contributed by atoms with van der Waals surface area (Å²) in [6.07, 6.45) is 0.924. The number of aromatic nitrogens is 3. The first-order chi connectivity index (χ1) is 14.2. The minimum atomic E-state index is 0. The van der Waals surface area contributed by atoms with E-state index in [1.807, 2.05) is 48.9 Å². The van der Waals surface area contributed by atoms with Crippen molar-refractivity contribution in [1.82, 2.24) is 25.4 Å². The van der Waals surface area contributed by atoms with Crippen LogP contribution in [0.5, 0.6) is 5.75 Å². The molecule has 0 aliphatic heterocycles. The highest BCUT2D eigenvalue weighted by Gasteiger charge is 2.06. The van der Waals surface area contributed by atoms with Gasteiger partial charge in [-0.15, -0.1) is 34.2 Å². The van der Waals surface area contributed by atoms with Gasteiger partial charge in [0.15, 0.2) is 11.8 Å². The Morgan fingerprint density at radius 2 is 1.73 bits per heavy atom. The standard InChI is InChI=1S/C22H28N6O.HI/c1-17-26-27-21(28(17)2)16-25-22(23-14-13-18-7-5-4-6-8-18)24-15-19-9-11-20(29-3)12-10-19;/h4-12H,13-16H2,1-3H3,(H2,23,24,25);1H. The molecule has 0 amide bonds. The topological polar surface area (TPSA) is 76.4 Å². The van der Waals surface area contributed by atoms with Crippen molar-refractivity contribution in [3.63, 3.8) is 0 Å². The minimum Gasteiger partial charge on any atom is -0.497 e. The van der Waals surface area contributed by atoms with E-state index < -0.39 is 0 Å². The average Bonchev–Trinajstić information content (AvgIpc) is 3.08. The second-order valence-corrected chi connectivity index (χ2v) is 6.75. The van der Waals surface area contributed by atoms with Gasteiger partial charge in [-0.05, 0) is 36.6 Å². The number of halogens is 1. The number of guanidine groups is 1. The highest BCUT2D eigenvalue weighted by Crippen LogP contribution is 2.11. The Labute approximate surface area is 195 Å². The summed E-state index contributed by atoms with van der Waals surface area (Å²) >= 11 is 0. The molecule has 0 saturated carbocycles. The van der Waals surface area contributed by atoms with Gasteiger partial charge in [0.1, 0.15) is 11.6 Å². The molecule has 0 aliphatic rings. The first-order valence-corrected chi connectivity index (χ1v) is 9.69. The molecule has 0 radical (unpaired) electrons. The fourth-order valence-corrected chi connectivity index (χ4v) is 2.81. The van der Waals surface area contributed by atoms with Crippen molar-refractivity contribution in [2.45, 2.75) is 26.4 Å². The summed E-state index contributed by atoms with van der Waals surface area (Å²) in [6.45, 7) is 3.85. The van der Waals surface area contributed by atoms with E-state index in [9.17, 15) is 0 Å². The number of ether oxygens (including phenoxy) is 1. The van der Waals surface area contributed by atoms with Crippen LogP contribution in [0.2, 0.25) is 0 Å². The van der Waals surface area contributed by atoms with E-state index in [1.54, 1.807) is 7.11 Å². The van der Waals surface area contributed by atoms with E-state index >= 15 is 0 Å². The summed E-state index contributed by atoms with van der Waals surface area (Å²) in [5, 5.41) is 15.1. The molecule has 2 N–H and O–H groups in total. The zero-order valence-corrected chi connectivity index (χ0v) is 20.0. The fraction of sp³-hybridized carbons (Fsp3) is 0.318. The molecule has 0 spiro atoms. The average molecular weight is 520 g/mol. The van der Waals surface area contributed by atoms with Crippen LogP contribution in [0.3, 0.4) is 0 Å². The summed E-state index contributed by atoms with van der Waals surface area (Å²) < 4.78 is 7.19. The van der Waals surface area contributed by atoms with Crippen LogP contribution in [-0.2, 0) is 26.6 Å². The Balaban J connectivity index is 0.00000320. The van der Waals surface area contributed by atoms with Crippen LogP contribution in [0.1, 0.15) is 22.8 Å². The highest BCUT2D eigenvalue weighted by molar-refractivity contribution is 14.0. The van der Waals surface area contributed by atoms with Crippen LogP contribution in [0.4, 0.5) is 0 Å². The number of benzene rings is 2. The van der Waals surface area contributed by atoms with Crippen LogP contribution >= 0.6 is 24.0 Å². The third-order valence-corrected chi connectivity index (χ3v) is 4.72. The van der Waals surface area contributed by atoms with Crippen molar-refractivity contribution in [3.05, 3.63) is 77.4 Å². The molecular formula is C22H29IN6O. The Hall–Kier alpha value is -2.62. The molecule has 1 aromatic heterocycles. The fourth-order valence-electron chi connectivity index (χ4n) is 2.81. The molecule has 1 heterocycles. The van der Waals surface area contributed by atoms with Gasteiger partial charge in [0, 0.05) is 13.6 Å². The molecule has 0 unspecified atom stereocenters. The Morgan fingerprint density at radius 3 is 2.37 bits per heavy atom. The van der Waals surface area contributed by atoms with Crippen molar-refractivity contribution in [1.29, 1.82) is 0 Å². The molecular weight excluding hydrogens is 491 g/mol.